The molecule has 0 aromatic heterocycles. The fourth-order valence-electron chi connectivity index (χ4n) is 1.19. The van der Waals surface area contributed by atoms with E-state index in [9.17, 15) is 4.57 Å². The largest absolute Gasteiger partial charge is 0.612 e. The fraction of sp³-hybridized carbons (Fsp3) is 1.00. The van der Waals surface area contributed by atoms with E-state index in [0.29, 0.717) is 6.61 Å². The molecule has 1 aliphatic heterocycles. The zero-order chi connectivity index (χ0) is 9.68. The molecule has 0 saturated carbocycles. The molecule has 0 aliphatic carbocycles. The van der Waals surface area contributed by atoms with Crippen LogP contribution < -0.4 is 10.4 Å². The zero-order valence-corrected chi connectivity index (χ0v) is 8.84. The van der Waals surface area contributed by atoms with E-state index in [1.54, 1.807) is 7.05 Å². The van der Waals surface area contributed by atoms with Gasteiger partial charge in [-0.3, -0.25) is 0 Å². The molecule has 0 bridgehead atoms. The lowest BCUT2D eigenvalue weighted by Crippen LogP contribution is -2.45. The molecule has 0 aromatic carbocycles. The van der Waals surface area contributed by atoms with Crippen molar-refractivity contribution in [2.75, 3.05) is 26.7 Å². The van der Waals surface area contributed by atoms with Crippen LogP contribution in [0.2, 0.25) is 0 Å². The van der Waals surface area contributed by atoms with Gasteiger partial charge in [-0.1, -0.05) is 5.09 Å². The second kappa shape index (κ2) is 5.62. The highest BCUT2D eigenvalue weighted by Crippen LogP contribution is 2.16. The van der Waals surface area contributed by atoms with Gasteiger partial charge in [0.15, 0.2) is 0 Å². The summed E-state index contributed by atoms with van der Waals surface area (Å²) < 4.78 is 21.4. The molecule has 1 aliphatic rings. The molecular weight excluding hydrogens is 191 g/mol. The van der Waals surface area contributed by atoms with Crippen molar-refractivity contribution in [3.05, 3.63) is 0 Å². The van der Waals surface area contributed by atoms with E-state index in [2.05, 4.69) is 10.4 Å². The van der Waals surface area contributed by atoms with Gasteiger partial charge in [-0.2, -0.15) is 0 Å². The minimum absolute atomic E-state index is 0.0102. The molecule has 0 amide bonds. The Labute approximate surface area is 79.1 Å². The van der Waals surface area contributed by atoms with Crippen molar-refractivity contribution in [1.29, 1.82) is 0 Å². The molecule has 1 heterocycles. The maximum Gasteiger partial charge on any atom is 0.612 e. The number of morpholine rings is 1. The van der Waals surface area contributed by atoms with Crippen LogP contribution >= 0.6 is 8.18 Å². The first kappa shape index (κ1) is 11.0. The molecule has 1 saturated heterocycles. The summed E-state index contributed by atoms with van der Waals surface area (Å²) in [6.07, 6.45) is 0.214. The SMILES string of the molecule is CN[P+](=O)OC[C@@H]1CNC[C@H](C)O1. The van der Waals surface area contributed by atoms with Crippen molar-refractivity contribution < 1.29 is 13.8 Å². The molecule has 0 spiro atoms. The normalized spacial score (nSPS) is 30.2. The van der Waals surface area contributed by atoms with E-state index in [4.69, 9.17) is 9.26 Å². The van der Waals surface area contributed by atoms with Crippen molar-refractivity contribution in [1.82, 2.24) is 10.4 Å². The molecule has 2 N–H and O–H groups in total. The van der Waals surface area contributed by atoms with Crippen LogP contribution in [0.15, 0.2) is 0 Å². The summed E-state index contributed by atoms with van der Waals surface area (Å²) in [4.78, 5) is 0. The van der Waals surface area contributed by atoms with Crippen molar-refractivity contribution in [2.24, 2.45) is 0 Å². The highest BCUT2D eigenvalue weighted by Gasteiger charge is 2.23. The topological polar surface area (TPSA) is 59.6 Å². The molecule has 76 valence electrons. The summed E-state index contributed by atoms with van der Waals surface area (Å²) in [7, 11) is -0.127. The Hall–Kier alpha value is -0.0600. The Balaban J connectivity index is 2.17. The third kappa shape index (κ3) is 4.11. The molecular formula is C7H16N2O3P+. The van der Waals surface area contributed by atoms with Gasteiger partial charge in [0.05, 0.1) is 12.2 Å². The average molecular weight is 207 g/mol. The van der Waals surface area contributed by atoms with Gasteiger partial charge in [0, 0.05) is 20.1 Å². The van der Waals surface area contributed by atoms with Gasteiger partial charge >= 0.3 is 8.18 Å². The maximum absolute atomic E-state index is 10.9. The van der Waals surface area contributed by atoms with E-state index < -0.39 is 8.18 Å². The van der Waals surface area contributed by atoms with E-state index >= 15 is 0 Å². The highest BCUT2D eigenvalue weighted by atomic mass is 31.1. The fourth-order valence-corrected chi connectivity index (χ4v) is 1.62. The van der Waals surface area contributed by atoms with Crippen molar-refractivity contribution in [2.45, 2.75) is 19.1 Å². The van der Waals surface area contributed by atoms with E-state index in [-0.39, 0.29) is 12.2 Å². The van der Waals surface area contributed by atoms with Gasteiger partial charge < -0.3 is 10.1 Å². The van der Waals surface area contributed by atoms with E-state index in [1.807, 2.05) is 6.92 Å². The molecule has 0 aromatic rings. The van der Waals surface area contributed by atoms with Gasteiger partial charge in [0.25, 0.3) is 0 Å². The van der Waals surface area contributed by atoms with Crippen LogP contribution in [0.25, 0.3) is 0 Å². The number of rotatable bonds is 4. The van der Waals surface area contributed by atoms with Crippen LogP contribution in [0.1, 0.15) is 6.92 Å². The Kier molecular flexibility index (Phi) is 4.77. The summed E-state index contributed by atoms with van der Waals surface area (Å²) in [5.74, 6) is 0. The summed E-state index contributed by atoms with van der Waals surface area (Å²) in [5, 5.41) is 5.73. The first-order valence-corrected chi connectivity index (χ1v) is 5.54. The van der Waals surface area contributed by atoms with Gasteiger partial charge in [0.2, 0.25) is 0 Å². The third-order valence-electron chi connectivity index (χ3n) is 1.79. The number of hydrogen-bond donors (Lipinski definition) is 2. The Bertz CT molecular complexity index is 179. The molecule has 13 heavy (non-hydrogen) atoms. The molecule has 6 heteroatoms. The number of ether oxygens (including phenoxy) is 1. The van der Waals surface area contributed by atoms with Crippen LogP contribution in [0.5, 0.6) is 0 Å². The number of nitrogens with one attached hydrogen (secondary N) is 2. The second-order valence-electron chi connectivity index (χ2n) is 3.00. The predicted molar refractivity (Wildman–Crippen MR) is 49.8 cm³/mol. The van der Waals surface area contributed by atoms with E-state index in [1.165, 1.54) is 0 Å². The maximum atomic E-state index is 10.9. The van der Waals surface area contributed by atoms with Crippen molar-refractivity contribution in [3.63, 3.8) is 0 Å². The van der Waals surface area contributed by atoms with E-state index in [0.717, 1.165) is 13.1 Å². The minimum atomic E-state index is -1.73. The minimum Gasteiger partial charge on any atom is -0.370 e. The average Bonchev–Trinajstić information content (AvgIpc) is 2.14. The summed E-state index contributed by atoms with van der Waals surface area (Å²) >= 11 is 0. The molecule has 3 atom stereocenters. The summed E-state index contributed by atoms with van der Waals surface area (Å²) in [6.45, 7) is 4.00. The summed E-state index contributed by atoms with van der Waals surface area (Å²) in [5.41, 5.74) is 0. The van der Waals surface area contributed by atoms with Gasteiger partial charge in [-0.15, -0.1) is 4.52 Å². The quantitative estimate of drug-likeness (QED) is 0.647. The summed E-state index contributed by atoms with van der Waals surface area (Å²) in [6, 6.07) is 0. The Morgan fingerprint density at radius 2 is 2.46 bits per heavy atom. The van der Waals surface area contributed by atoms with Crippen LogP contribution in [0.3, 0.4) is 0 Å². The molecule has 0 radical (unpaired) electrons. The first-order chi connectivity index (χ1) is 6.22. The molecule has 1 unspecified atom stereocenters. The lowest BCUT2D eigenvalue weighted by atomic mass is 10.3. The van der Waals surface area contributed by atoms with Crippen LogP contribution in [-0.2, 0) is 13.8 Å². The molecule has 1 rings (SSSR count). The lowest BCUT2D eigenvalue weighted by Gasteiger charge is -2.26. The van der Waals surface area contributed by atoms with Gasteiger partial charge in [0.1, 0.15) is 6.61 Å². The molecule has 1 fully saturated rings. The number of hydrogen-bond acceptors (Lipinski definition) is 4. The first-order valence-electron chi connectivity index (χ1n) is 4.36. The zero-order valence-electron chi connectivity index (χ0n) is 7.95. The van der Waals surface area contributed by atoms with Crippen molar-refractivity contribution in [3.8, 4) is 0 Å². The highest BCUT2D eigenvalue weighted by molar-refractivity contribution is 7.36. The third-order valence-corrected chi connectivity index (χ3v) is 2.54. The van der Waals surface area contributed by atoms with Gasteiger partial charge in [-0.25, -0.2) is 0 Å². The Morgan fingerprint density at radius 3 is 3.08 bits per heavy atom. The van der Waals surface area contributed by atoms with Crippen LogP contribution in [0, 0.1) is 0 Å². The lowest BCUT2D eigenvalue weighted by molar-refractivity contribution is -0.0461. The predicted octanol–water partition coefficient (Wildman–Crippen LogP) is 0.257. The molecule has 5 nitrogen and oxygen atoms in total. The monoisotopic (exact) mass is 207 g/mol. The van der Waals surface area contributed by atoms with Gasteiger partial charge in [-0.05, 0) is 11.5 Å². The standard InChI is InChI=1S/C7H16N2O3P/c1-6-3-9-4-7(12-6)5-11-13(10)8-2/h6-7,9H,3-5H2,1-2H3,(H,8,10)/q+1/t6-,7-/m0/s1. The Morgan fingerprint density at radius 1 is 1.69 bits per heavy atom. The smallest absolute Gasteiger partial charge is 0.370 e. The van der Waals surface area contributed by atoms with Crippen LogP contribution in [-0.4, -0.2) is 39.0 Å². The van der Waals surface area contributed by atoms with Crippen molar-refractivity contribution >= 4 is 8.18 Å². The van der Waals surface area contributed by atoms with Crippen LogP contribution in [0.4, 0.5) is 0 Å². The second-order valence-corrected chi connectivity index (χ2v) is 4.22.